The van der Waals surface area contributed by atoms with Gasteiger partial charge in [-0.3, -0.25) is 4.79 Å². The molecule has 1 aliphatic rings. The van der Waals surface area contributed by atoms with Gasteiger partial charge >= 0.3 is 0 Å². The minimum Gasteiger partial charge on any atom is -0.361 e. The fourth-order valence-electron chi connectivity index (χ4n) is 1.82. The first-order valence-electron chi connectivity index (χ1n) is 5.35. The molecule has 90 valence electrons. The van der Waals surface area contributed by atoms with Crippen LogP contribution in [-0.2, 0) is 11.2 Å². The molecule has 2 rings (SSSR count). The van der Waals surface area contributed by atoms with Gasteiger partial charge in [0.1, 0.15) is 5.76 Å². The zero-order valence-corrected chi connectivity index (χ0v) is 9.75. The molecule has 1 amide bonds. The zero-order chi connectivity index (χ0) is 12.4. The third-order valence-corrected chi connectivity index (χ3v) is 2.94. The van der Waals surface area contributed by atoms with Crippen molar-refractivity contribution in [3.63, 3.8) is 0 Å². The van der Waals surface area contributed by atoms with Gasteiger partial charge in [-0.05, 0) is 19.4 Å². The lowest BCUT2D eigenvalue weighted by atomic mass is 10.1. The Bertz CT molecular complexity index is 463. The van der Waals surface area contributed by atoms with Crippen molar-refractivity contribution in [2.45, 2.75) is 26.3 Å². The number of carbonyl (C=O) groups is 1. The predicted molar refractivity (Wildman–Crippen MR) is 59.2 cm³/mol. The summed E-state index contributed by atoms with van der Waals surface area (Å²) in [6, 6.07) is -0.0754. The number of aryl methyl sites for hydroxylation is 2. The van der Waals surface area contributed by atoms with E-state index < -0.39 is 0 Å². The van der Waals surface area contributed by atoms with E-state index in [0.717, 1.165) is 11.3 Å². The maximum Gasteiger partial charge on any atom is 0.227 e. The maximum atomic E-state index is 11.9. The molecule has 0 radical (unpaired) electrons. The molecule has 0 unspecified atom stereocenters. The minimum atomic E-state index is -0.0754. The van der Waals surface area contributed by atoms with Gasteiger partial charge in [0.25, 0.3) is 0 Å². The molecule has 1 fully saturated rings. The maximum absolute atomic E-state index is 11.9. The van der Waals surface area contributed by atoms with E-state index in [1.165, 1.54) is 0 Å². The first-order chi connectivity index (χ1) is 8.11. The van der Waals surface area contributed by atoms with E-state index in [2.05, 4.69) is 15.2 Å². The van der Waals surface area contributed by atoms with Gasteiger partial charge in [-0.1, -0.05) is 10.3 Å². The molecule has 2 heterocycles. The largest absolute Gasteiger partial charge is 0.361 e. The van der Waals surface area contributed by atoms with Gasteiger partial charge in [0, 0.05) is 23.6 Å². The smallest absolute Gasteiger partial charge is 0.227 e. The number of aromatic nitrogens is 1. The molecule has 1 aromatic rings. The van der Waals surface area contributed by atoms with Crippen LogP contribution in [0, 0.1) is 13.8 Å². The second-order valence-corrected chi connectivity index (χ2v) is 4.14. The molecule has 0 spiro atoms. The summed E-state index contributed by atoms with van der Waals surface area (Å²) in [6.07, 6.45) is 0.296. The Hall–Kier alpha value is -2.01. The summed E-state index contributed by atoms with van der Waals surface area (Å²) in [5, 5.41) is 7.35. The Labute approximate surface area is 98.0 Å². The van der Waals surface area contributed by atoms with Crippen LogP contribution >= 0.6 is 0 Å². The highest BCUT2D eigenvalue weighted by atomic mass is 16.5. The van der Waals surface area contributed by atoms with Crippen molar-refractivity contribution in [2.24, 2.45) is 5.11 Å². The number of nitrogens with zero attached hydrogens (tertiary/aromatic N) is 5. The molecule has 7 nitrogen and oxygen atoms in total. The lowest BCUT2D eigenvalue weighted by Gasteiger charge is -2.36. The molecule has 1 aromatic heterocycles. The van der Waals surface area contributed by atoms with Crippen LogP contribution < -0.4 is 0 Å². The molecule has 0 bridgehead atoms. The van der Waals surface area contributed by atoms with Crippen molar-refractivity contribution in [1.29, 1.82) is 0 Å². The van der Waals surface area contributed by atoms with Gasteiger partial charge in [-0.25, -0.2) is 0 Å². The molecule has 1 aliphatic heterocycles. The Kier molecular flexibility index (Phi) is 3.01. The molecule has 0 atom stereocenters. The van der Waals surface area contributed by atoms with Gasteiger partial charge in [0.15, 0.2) is 0 Å². The molecule has 17 heavy (non-hydrogen) atoms. The van der Waals surface area contributed by atoms with Crippen LogP contribution in [0.1, 0.15) is 17.0 Å². The third-order valence-electron chi connectivity index (χ3n) is 2.94. The van der Waals surface area contributed by atoms with Crippen molar-refractivity contribution in [3.8, 4) is 0 Å². The van der Waals surface area contributed by atoms with Gasteiger partial charge in [-0.15, -0.1) is 0 Å². The molecular formula is C10H13N5O2. The quantitative estimate of drug-likeness (QED) is 0.449. The summed E-state index contributed by atoms with van der Waals surface area (Å²) in [5.74, 6) is 0.701. The van der Waals surface area contributed by atoms with Gasteiger partial charge in [0.05, 0.1) is 18.2 Å². The minimum absolute atomic E-state index is 0.0174. The number of likely N-dealkylation sites (tertiary alicyclic amines) is 1. The van der Waals surface area contributed by atoms with Gasteiger partial charge in [0.2, 0.25) is 5.91 Å². The molecule has 7 heteroatoms. The summed E-state index contributed by atoms with van der Waals surface area (Å²) in [4.78, 5) is 16.3. The van der Waals surface area contributed by atoms with Gasteiger partial charge in [-0.2, -0.15) is 0 Å². The predicted octanol–water partition coefficient (Wildman–Crippen LogP) is 1.36. The summed E-state index contributed by atoms with van der Waals surface area (Å²) >= 11 is 0. The van der Waals surface area contributed by atoms with Gasteiger partial charge < -0.3 is 9.42 Å². The Morgan fingerprint density at radius 1 is 1.65 bits per heavy atom. The summed E-state index contributed by atoms with van der Waals surface area (Å²) < 4.78 is 5.00. The Morgan fingerprint density at radius 2 is 2.35 bits per heavy atom. The van der Waals surface area contributed by atoms with Crippen LogP contribution in [0.15, 0.2) is 9.64 Å². The van der Waals surface area contributed by atoms with E-state index in [1.54, 1.807) is 11.8 Å². The first-order valence-corrected chi connectivity index (χ1v) is 5.35. The van der Waals surface area contributed by atoms with E-state index in [0.29, 0.717) is 25.3 Å². The number of hydrogen-bond acceptors (Lipinski definition) is 4. The van der Waals surface area contributed by atoms with Crippen LogP contribution in [0.2, 0.25) is 0 Å². The molecule has 0 aromatic carbocycles. The van der Waals surface area contributed by atoms with Crippen LogP contribution in [0.3, 0.4) is 0 Å². The van der Waals surface area contributed by atoms with Crippen molar-refractivity contribution >= 4 is 5.91 Å². The van der Waals surface area contributed by atoms with E-state index in [1.807, 2.05) is 6.92 Å². The van der Waals surface area contributed by atoms with Crippen LogP contribution in [0.25, 0.3) is 10.4 Å². The second kappa shape index (κ2) is 4.47. The van der Waals surface area contributed by atoms with Crippen LogP contribution in [0.4, 0.5) is 0 Å². The fraction of sp³-hybridized carbons (Fsp3) is 0.600. The fourth-order valence-corrected chi connectivity index (χ4v) is 1.82. The lowest BCUT2D eigenvalue weighted by Crippen LogP contribution is -2.53. The number of carbonyl (C=O) groups excluding carboxylic acids is 1. The van der Waals surface area contributed by atoms with E-state index in [4.69, 9.17) is 10.1 Å². The molecule has 1 saturated heterocycles. The number of amides is 1. The van der Waals surface area contributed by atoms with Crippen LogP contribution in [0.5, 0.6) is 0 Å². The lowest BCUT2D eigenvalue weighted by molar-refractivity contribution is -0.134. The highest BCUT2D eigenvalue weighted by Gasteiger charge is 2.30. The highest BCUT2D eigenvalue weighted by Crippen LogP contribution is 2.17. The first kappa shape index (κ1) is 11.5. The Balaban J connectivity index is 1.93. The zero-order valence-electron chi connectivity index (χ0n) is 9.75. The molecule has 0 N–H and O–H groups in total. The number of hydrogen-bond donors (Lipinski definition) is 0. The third kappa shape index (κ3) is 2.24. The Morgan fingerprint density at radius 3 is 2.88 bits per heavy atom. The summed E-state index contributed by atoms with van der Waals surface area (Å²) in [5.41, 5.74) is 9.84. The standard InChI is InChI=1S/C10H13N5O2/c1-6-9(7(2)17-13-6)3-10(16)15-4-8(5-15)12-14-11/h8H,3-5H2,1-2H3. The van der Waals surface area contributed by atoms with Crippen molar-refractivity contribution in [2.75, 3.05) is 13.1 Å². The second-order valence-electron chi connectivity index (χ2n) is 4.14. The number of azide groups is 1. The topological polar surface area (TPSA) is 95.1 Å². The SMILES string of the molecule is Cc1noc(C)c1CC(=O)N1CC(N=[N+]=[N-])C1. The van der Waals surface area contributed by atoms with E-state index in [9.17, 15) is 4.79 Å². The van der Waals surface area contributed by atoms with E-state index >= 15 is 0 Å². The van der Waals surface area contributed by atoms with Crippen molar-refractivity contribution < 1.29 is 9.32 Å². The molecule has 0 aliphatic carbocycles. The van der Waals surface area contributed by atoms with Crippen molar-refractivity contribution in [3.05, 3.63) is 27.5 Å². The molecular weight excluding hydrogens is 222 g/mol. The summed E-state index contributed by atoms with van der Waals surface area (Å²) in [7, 11) is 0. The summed E-state index contributed by atoms with van der Waals surface area (Å²) in [6.45, 7) is 4.62. The highest BCUT2D eigenvalue weighted by molar-refractivity contribution is 5.80. The van der Waals surface area contributed by atoms with E-state index in [-0.39, 0.29) is 11.9 Å². The number of rotatable bonds is 3. The monoisotopic (exact) mass is 235 g/mol. The average molecular weight is 235 g/mol. The normalized spacial score (nSPS) is 15.3. The van der Waals surface area contributed by atoms with Crippen LogP contribution in [-0.4, -0.2) is 35.1 Å². The average Bonchev–Trinajstić information content (AvgIpc) is 2.54. The van der Waals surface area contributed by atoms with Crippen molar-refractivity contribution in [1.82, 2.24) is 10.1 Å². The molecule has 0 saturated carbocycles.